The minimum absolute atomic E-state index is 0. The Morgan fingerprint density at radius 1 is 0.475 bits per heavy atom. The number of nitrogens with zero attached hydrogens (tertiary/aromatic N) is 11. The maximum Gasteiger partial charge on any atom is 0.261 e. The second-order valence-electron chi connectivity index (χ2n) is 30.1. The smallest absolute Gasteiger partial charge is 0.261 e. The Hall–Kier alpha value is -13.3. The van der Waals surface area contributed by atoms with E-state index in [1.807, 2.05) is 182 Å². The topological polar surface area (TPSA) is 311 Å². The number of imide groups is 4. The van der Waals surface area contributed by atoms with Gasteiger partial charge in [0.1, 0.15) is 17.0 Å². The van der Waals surface area contributed by atoms with Gasteiger partial charge in [-0.05, 0) is 244 Å². The summed E-state index contributed by atoms with van der Waals surface area (Å²) in [5, 5.41) is 12.1. The highest BCUT2D eigenvalue weighted by Crippen LogP contribution is 2.58. The second-order valence-corrected chi connectivity index (χ2v) is 31.0. The zero-order valence-corrected chi connectivity index (χ0v) is 67.0. The molecule has 118 heavy (non-hydrogen) atoms. The summed E-state index contributed by atoms with van der Waals surface area (Å²) in [4.78, 5) is 134. The van der Waals surface area contributed by atoms with Gasteiger partial charge in [0, 0.05) is 113 Å². The van der Waals surface area contributed by atoms with Crippen LogP contribution in [0.15, 0.2) is 213 Å². The third-order valence-corrected chi connectivity index (χ3v) is 22.2. The summed E-state index contributed by atoms with van der Waals surface area (Å²) in [5.41, 5.74) is 15.0. The molecule has 3 saturated carbocycles. The molecule has 12 heterocycles. The number of aryl methyl sites for hydroxylation is 5. The SMILES string of the molecule is C.CCCOc1ccc(C(=O)NC(=O)c2ccn3c(C)cc(-c4cccnc4)nc23)cc1.Cc1cc(-c2ccccn2)nc2c(C(=O)NC(=O)C3CC4(CCC4)C3)ccn12.Cc1cc(-c2cccs2)nc2c(C(=O)NC(=O)C3CCC(OC(C)C)CC3)ccn12.Cc1ccc(C(=O)NC(=O)c2ccn3c(C)cc(-c4cccnc4)nc23)cc1. The van der Waals surface area contributed by atoms with E-state index in [0.717, 1.165) is 106 Å². The predicted molar refractivity (Wildman–Crippen MR) is 452 cm³/mol. The van der Waals surface area contributed by atoms with Crippen LogP contribution in [0, 0.1) is 51.9 Å². The number of amides is 8. The van der Waals surface area contributed by atoms with Crippen LogP contribution in [-0.2, 0) is 14.3 Å². The lowest BCUT2D eigenvalue weighted by atomic mass is 9.51. The number of fused-ring (bicyclic) bond motifs is 4. The fourth-order valence-electron chi connectivity index (χ4n) is 15.0. The molecule has 0 atom stereocenters. The van der Waals surface area contributed by atoms with E-state index in [-0.39, 0.29) is 49.2 Å². The number of carbonyl (C=O) groups excluding carboxylic acids is 8. The molecule has 3 aliphatic rings. The van der Waals surface area contributed by atoms with Gasteiger partial charge in [-0.15, -0.1) is 11.3 Å². The van der Waals surface area contributed by atoms with E-state index in [2.05, 4.69) is 51.2 Å². The number of nitrogens with one attached hydrogen (secondary N) is 4. The lowest BCUT2D eigenvalue weighted by Gasteiger charge is -2.53. The van der Waals surface area contributed by atoms with Crippen molar-refractivity contribution in [2.75, 3.05) is 6.61 Å². The average molecular weight is 1600 g/mol. The van der Waals surface area contributed by atoms with Crippen molar-refractivity contribution < 1.29 is 47.8 Å². The number of ether oxygens (including phenoxy) is 2. The molecule has 0 saturated heterocycles. The van der Waals surface area contributed by atoms with Crippen molar-refractivity contribution in [1.29, 1.82) is 0 Å². The first kappa shape index (κ1) is 82.6. The van der Waals surface area contributed by atoms with Crippen LogP contribution in [-0.4, -0.2) is 119 Å². The fourth-order valence-corrected chi connectivity index (χ4v) is 15.6. The highest BCUT2D eigenvalue weighted by atomic mass is 32.1. The van der Waals surface area contributed by atoms with Crippen LogP contribution in [0.3, 0.4) is 0 Å². The number of hydrogen-bond acceptors (Lipinski definition) is 18. The molecule has 26 heteroatoms. The maximum atomic E-state index is 12.9. The van der Waals surface area contributed by atoms with Crippen LogP contribution in [0.4, 0.5) is 0 Å². The minimum atomic E-state index is -0.506. The van der Waals surface area contributed by atoms with Crippen molar-refractivity contribution in [3.05, 3.63) is 275 Å². The summed E-state index contributed by atoms with van der Waals surface area (Å²) in [5.74, 6) is -2.53. The summed E-state index contributed by atoms with van der Waals surface area (Å²) in [6, 6.07) is 45.4. The largest absolute Gasteiger partial charge is 0.494 e. The number of rotatable bonds is 17. The molecule has 2 aromatic carbocycles. The minimum Gasteiger partial charge on any atom is -0.494 e. The molecule has 602 valence electrons. The number of benzene rings is 2. The van der Waals surface area contributed by atoms with Gasteiger partial charge in [0.15, 0.2) is 11.3 Å². The molecule has 3 fully saturated rings. The van der Waals surface area contributed by atoms with Gasteiger partial charge in [0.05, 0.1) is 74.4 Å². The molecule has 3 aliphatic carbocycles. The molecule has 12 aromatic heterocycles. The molecular formula is C92H93N15O10S. The van der Waals surface area contributed by atoms with Gasteiger partial charge in [-0.3, -0.25) is 74.6 Å². The van der Waals surface area contributed by atoms with Crippen molar-refractivity contribution >= 4 is 81.2 Å². The maximum absolute atomic E-state index is 12.9. The van der Waals surface area contributed by atoms with Gasteiger partial charge in [0.25, 0.3) is 35.4 Å². The number of carbonyl (C=O) groups is 8. The van der Waals surface area contributed by atoms with Crippen LogP contribution in [0.5, 0.6) is 5.75 Å². The molecule has 25 nitrogen and oxygen atoms in total. The van der Waals surface area contributed by atoms with Gasteiger partial charge in [-0.2, -0.15) is 0 Å². The Kier molecular flexibility index (Phi) is 25.7. The van der Waals surface area contributed by atoms with Gasteiger partial charge in [-0.25, -0.2) is 19.9 Å². The fraction of sp³-hybridized carbons (Fsp3) is 0.272. The van der Waals surface area contributed by atoms with Gasteiger partial charge in [-0.1, -0.05) is 50.6 Å². The molecule has 14 aromatic rings. The first-order valence-corrected chi connectivity index (χ1v) is 40.0. The van der Waals surface area contributed by atoms with Crippen molar-refractivity contribution in [2.45, 2.75) is 139 Å². The monoisotopic (exact) mass is 1600 g/mol. The van der Waals surface area contributed by atoms with E-state index < -0.39 is 29.5 Å². The van der Waals surface area contributed by atoms with Gasteiger partial charge >= 0.3 is 0 Å². The Bertz CT molecular complexity index is 6000. The molecule has 1 spiro atoms. The van der Waals surface area contributed by atoms with Gasteiger partial charge in [0.2, 0.25) is 11.8 Å². The van der Waals surface area contributed by atoms with E-state index in [1.54, 1.807) is 115 Å². The quantitative estimate of drug-likeness (QED) is 0.0616. The third-order valence-electron chi connectivity index (χ3n) is 21.3. The van der Waals surface area contributed by atoms with Crippen LogP contribution in [0.2, 0.25) is 0 Å². The average Bonchev–Trinajstić information content (AvgIpc) is 1.22. The summed E-state index contributed by atoms with van der Waals surface area (Å²) in [6.45, 7) is 16.4. The third kappa shape index (κ3) is 18.8. The Labute approximate surface area is 686 Å². The number of aromatic nitrogens is 11. The van der Waals surface area contributed by atoms with Crippen LogP contribution in [0.1, 0.15) is 183 Å². The van der Waals surface area contributed by atoms with E-state index in [0.29, 0.717) is 85.1 Å². The second kappa shape index (κ2) is 36.7. The van der Waals surface area contributed by atoms with Crippen molar-refractivity contribution in [3.63, 3.8) is 0 Å². The van der Waals surface area contributed by atoms with Crippen LogP contribution >= 0.6 is 11.3 Å². The molecule has 8 amide bonds. The van der Waals surface area contributed by atoms with E-state index in [4.69, 9.17) is 14.5 Å². The highest BCUT2D eigenvalue weighted by Gasteiger charge is 2.51. The molecule has 0 aliphatic heterocycles. The normalized spacial score (nSPS) is 14.6. The molecule has 0 bridgehead atoms. The van der Waals surface area contributed by atoms with E-state index in [9.17, 15) is 38.4 Å². The lowest BCUT2D eigenvalue weighted by molar-refractivity contribution is -0.135. The number of thiophene rings is 1. The summed E-state index contributed by atoms with van der Waals surface area (Å²) >= 11 is 1.61. The molecule has 0 unspecified atom stereocenters. The Morgan fingerprint density at radius 3 is 1.35 bits per heavy atom. The first-order chi connectivity index (χ1) is 56.6. The van der Waals surface area contributed by atoms with Gasteiger partial charge < -0.3 is 27.1 Å². The highest BCUT2D eigenvalue weighted by molar-refractivity contribution is 7.13. The zero-order valence-electron chi connectivity index (χ0n) is 66.2. The Morgan fingerprint density at radius 2 is 0.924 bits per heavy atom. The standard InChI is InChI=1S/C24H22N4O3.C23H27N3O3S.C22H22N4O2.C22H18N4O2.CH4/c1-3-13-31-19-8-6-17(7-9-19)23(29)27-24(30)20-10-12-28-16(2)14-21(26-22(20)28)18-5-4-11-25-15-18;1-14(2)29-17-8-6-16(7-9-17)22(27)25-23(28)18-10-11-26-15(3)13-19(24-21(18)26)20-5-4-12-30-20;1-14-11-18(17-5-2-3-9-23-17)24-19-16(6-10-26(14)19)21(28)25-20(27)15-12-22(13-15)7-4-8-22;1-14-5-7-16(8-6-14)21(27)25-22(28)18-9-11-26-15(2)12-19(24-20(18)26)17-4-3-10-23-13-17;/h4-12,14-15H,3,13H2,1-2H3,(H,27,29,30);4-5,10-14,16-17H,6-9H2,1-3H3,(H,25,27,28);2-3,5-6,9-11,15H,4,7-8,12-13H2,1H3,(H,25,27,28);3-13H,1-2H3,(H,25,27,28);1H4. The Balaban J connectivity index is 0.000000136. The van der Waals surface area contributed by atoms with Crippen LogP contribution < -0.4 is 26.0 Å². The van der Waals surface area contributed by atoms with Crippen molar-refractivity contribution in [1.82, 2.24) is 73.8 Å². The lowest BCUT2D eigenvalue weighted by Crippen LogP contribution is -2.49. The van der Waals surface area contributed by atoms with Crippen molar-refractivity contribution in [3.8, 4) is 50.2 Å². The first-order valence-electron chi connectivity index (χ1n) is 39.1. The summed E-state index contributed by atoms with van der Waals surface area (Å²) in [7, 11) is 0. The summed E-state index contributed by atoms with van der Waals surface area (Å²) < 4.78 is 18.8. The summed E-state index contributed by atoms with van der Waals surface area (Å²) in [6.07, 6.45) is 25.8. The van der Waals surface area contributed by atoms with E-state index in [1.165, 1.54) is 19.3 Å². The molecule has 0 radical (unpaired) electrons. The molecular weight excluding hydrogens is 1510 g/mol. The van der Waals surface area contributed by atoms with Crippen LogP contribution in [0.25, 0.3) is 67.1 Å². The predicted octanol–water partition coefficient (Wildman–Crippen LogP) is 16.4. The zero-order chi connectivity index (χ0) is 82.0. The molecule has 17 rings (SSSR count). The van der Waals surface area contributed by atoms with E-state index >= 15 is 0 Å². The molecule has 4 N–H and O–H groups in total. The number of pyridine rings is 3. The van der Waals surface area contributed by atoms with Crippen molar-refractivity contribution in [2.24, 2.45) is 17.3 Å². The number of hydrogen-bond donors (Lipinski definition) is 4.